The summed E-state index contributed by atoms with van der Waals surface area (Å²) in [6.07, 6.45) is 2.81. The van der Waals surface area contributed by atoms with Gasteiger partial charge in [0.25, 0.3) is 0 Å². The lowest BCUT2D eigenvalue weighted by atomic mass is 9.98. The van der Waals surface area contributed by atoms with Crippen LogP contribution in [0.1, 0.15) is 33.6 Å². The molecule has 1 unspecified atom stereocenters. The SMILES string of the molecule is CC(C)C(C)CNCCN1CCCC1. The fraction of sp³-hybridized carbons (Fsp3) is 1.00. The lowest BCUT2D eigenvalue weighted by Crippen LogP contribution is -2.33. The zero-order valence-corrected chi connectivity index (χ0v) is 10.1. The molecular weight excluding hydrogens is 172 g/mol. The summed E-state index contributed by atoms with van der Waals surface area (Å²) in [5.41, 5.74) is 0. The Bertz CT molecular complexity index is 135. The van der Waals surface area contributed by atoms with Crippen LogP contribution in [0.4, 0.5) is 0 Å². The monoisotopic (exact) mass is 198 g/mol. The Morgan fingerprint density at radius 2 is 1.79 bits per heavy atom. The van der Waals surface area contributed by atoms with Gasteiger partial charge >= 0.3 is 0 Å². The number of hydrogen-bond donors (Lipinski definition) is 1. The summed E-state index contributed by atoms with van der Waals surface area (Å²) in [5.74, 6) is 1.60. The number of hydrogen-bond acceptors (Lipinski definition) is 2. The molecule has 2 heteroatoms. The second-order valence-corrected chi connectivity index (χ2v) is 4.97. The molecule has 0 amide bonds. The highest BCUT2D eigenvalue weighted by atomic mass is 15.1. The Hall–Kier alpha value is -0.0800. The number of nitrogens with one attached hydrogen (secondary N) is 1. The Balaban J connectivity index is 1.93. The molecule has 0 saturated carbocycles. The largest absolute Gasteiger partial charge is 0.315 e. The van der Waals surface area contributed by atoms with Gasteiger partial charge in [-0.25, -0.2) is 0 Å². The molecule has 0 spiro atoms. The van der Waals surface area contributed by atoms with Crippen molar-refractivity contribution in [2.24, 2.45) is 11.8 Å². The fourth-order valence-electron chi connectivity index (χ4n) is 1.81. The van der Waals surface area contributed by atoms with Crippen LogP contribution in [0.2, 0.25) is 0 Å². The molecule has 1 saturated heterocycles. The summed E-state index contributed by atoms with van der Waals surface area (Å²) < 4.78 is 0. The normalized spacial score (nSPS) is 20.6. The van der Waals surface area contributed by atoms with Gasteiger partial charge in [0.05, 0.1) is 0 Å². The topological polar surface area (TPSA) is 15.3 Å². The third kappa shape index (κ3) is 4.43. The van der Waals surface area contributed by atoms with Crippen molar-refractivity contribution in [3.8, 4) is 0 Å². The van der Waals surface area contributed by atoms with Gasteiger partial charge in [-0.05, 0) is 44.3 Å². The Morgan fingerprint density at radius 3 is 2.36 bits per heavy atom. The molecule has 1 aliphatic rings. The maximum Gasteiger partial charge on any atom is 0.0107 e. The zero-order valence-electron chi connectivity index (χ0n) is 10.1. The first-order chi connectivity index (χ1) is 6.70. The van der Waals surface area contributed by atoms with Crippen LogP contribution in [-0.2, 0) is 0 Å². The molecule has 1 N–H and O–H groups in total. The molecule has 0 radical (unpaired) electrons. The van der Waals surface area contributed by atoms with Crippen LogP contribution in [0.3, 0.4) is 0 Å². The molecular formula is C12H26N2. The van der Waals surface area contributed by atoms with Crippen molar-refractivity contribution in [1.82, 2.24) is 10.2 Å². The second kappa shape index (κ2) is 6.41. The minimum absolute atomic E-state index is 0.800. The molecule has 0 aromatic heterocycles. The molecule has 2 nitrogen and oxygen atoms in total. The maximum absolute atomic E-state index is 3.55. The van der Waals surface area contributed by atoms with E-state index >= 15 is 0 Å². The van der Waals surface area contributed by atoms with Crippen molar-refractivity contribution in [2.75, 3.05) is 32.7 Å². The Morgan fingerprint density at radius 1 is 1.14 bits per heavy atom. The molecule has 84 valence electrons. The summed E-state index contributed by atoms with van der Waals surface area (Å²) in [5, 5.41) is 3.55. The minimum Gasteiger partial charge on any atom is -0.315 e. The van der Waals surface area contributed by atoms with E-state index in [2.05, 4.69) is 31.0 Å². The van der Waals surface area contributed by atoms with E-state index in [0.717, 1.165) is 18.4 Å². The van der Waals surface area contributed by atoms with Crippen LogP contribution >= 0.6 is 0 Å². The van der Waals surface area contributed by atoms with Crippen LogP contribution in [0.15, 0.2) is 0 Å². The smallest absolute Gasteiger partial charge is 0.0107 e. The van der Waals surface area contributed by atoms with Crippen molar-refractivity contribution in [3.05, 3.63) is 0 Å². The molecule has 1 aliphatic heterocycles. The summed E-state index contributed by atoms with van der Waals surface area (Å²) >= 11 is 0. The zero-order chi connectivity index (χ0) is 10.4. The average Bonchev–Trinajstić information content (AvgIpc) is 2.64. The minimum atomic E-state index is 0.800. The highest BCUT2D eigenvalue weighted by Crippen LogP contribution is 2.08. The lowest BCUT2D eigenvalue weighted by molar-refractivity contribution is 0.322. The van der Waals surface area contributed by atoms with Gasteiger partial charge in [-0.2, -0.15) is 0 Å². The highest BCUT2D eigenvalue weighted by Gasteiger charge is 2.10. The first kappa shape index (κ1) is 12.0. The van der Waals surface area contributed by atoms with Gasteiger partial charge in [0.1, 0.15) is 0 Å². The van der Waals surface area contributed by atoms with Crippen molar-refractivity contribution < 1.29 is 0 Å². The Kier molecular flexibility index (Phi) is 5.49. The van der Waals surface area contributed by atoms with E-state index in [0.29, 0.717) is 0 Å². The van der Waals surface area contributed by atoms with Gasteiger partial charge in [-0.3, -0.25) is 0 Å². The van der Waals surface area contributed by atoms with E-state index in [-0.39, 0.29) is 0 Å². The summed E-state index contributed by atoms with van der Waals surface area (Å²) in [6, 6.07) is 0. The van der Waals surface area contributed by atoms with Gasteiger partial charge in [0.2, 0.25) is 0 Å². The van der Waals surface area contributed by atoms with Crippen molar-refractivity contribution in [1.29, 1.82) is 0 Å². The van der Waals surface area contributed by atoms with Crippen LogP contribution in [0.25, 0.3) is 0 Å². The summed E-state index contributed by atoms with van der Waals surface area (Å²) in [6.45, 7) is 13.1. The number of likely N-dealkylation sites (tertiary alicyclic amines) is 1. The molecule has 0 aromatic carbocycles. The molecule has 1 rings (SSSR count). The maximum atomic E-state index is 3.55. The van der Waals surface area contributed by atoms with E-state index in [1.807, 2.05) is 0 Å². The van der Waals surface area contributed by atoms with Crippen LogP contribution in [0.5, 0.6) is 0 Å². The van der Waals surface area contributed by atoms with Gasteiger partial charge in [-0.1, -0.05) is 20.8 Å². The lowest BCUT2D eigenvalue weighted by Gasteiger charge is -2.18. The van der Waals surface area contributed by atoms with E-state index in [9.17, 15) is 0 Å². The molecule has 0 aliphatic carbocycles. The van der Waals surface area contributed by atoms with Crippen LogP contribution < -0.4 is 5.32 Å². The number of nitrogens with zero attached hydrogens (tertiary/aromatic N) is 1. The molecule has 1 atom stereocenters. The summed E-state index contributed by atoms with van der Waals surface area (Å²) in [4.78, 5) is 2.56. The fourth-order valence-corrected chi connectivity index (χ4v) is 1.81. The van der Waals surface area contributed by atoms with Crippen LogP contribution in [0, 0.1) is 11.8 Å². The Labute approximate surface area is 89.1 Å². The van der Waals surface area contributed by atoms with Gasteiger partial charge in [-0.15, -0.1) is 0 Å². The predicted octanol–water partition coefficient (Wildman–Crippen LogP) is 1.96. The first-order valence-electron chi connectivity index (χ1n) is 6.13. The predicted molar refractivity (Wildman–Crippen MR) is 62.5 cm³/mol. The van der Waals surface area contributed by atoms with E-state index in [1.165, 1.54) is 39.0 Å². The van der Waals surface area contributed by atoms with Gasteiger partial charge in [0, 0.05) is 13.1 Å². The molecule has 1 heterocycles. The second-order valence-electron chi connectivity index (χ2n) is 4.97. The molecule has 1 fully saturated rings. The highest BCUT2D eigenvalue weighted by molar-refractivity contribution is 4.67. The molecule has 14 heavy (non-hydrogen) atoms. The van der Waals surface area contributed by atoms with Crippen molar-refractivity contribution >= 4 is 0 Å². The average molecular weight is 198 g/mol. The van der Waals surface area contributed by atoms with Gasteiger partial charge < -0.3 is 10.2 Å². The van der Waals surface area contributed by atoms with Crippen molar-refractivity contribution in [2.45, 2.75) is 33.6 Å². The number of rotatable bonds is 6. The standard InChI is InChI=1S/C12H26N2/c1-11(2)12(3)10-13-6-9-14-7-4-5-8-14/h11-13H,4-10H2,1-3H3. The first-order valence-corrected chi connectivity index (χ1v) is 6.13. The van der Waals surface area contributed by atoms with E-state index < -0.39 is 0 Å². The quantitative estimate of drug-likeness (QED) is 0.656. The van der Waals surface area contributed by atoms with Crippen LogP contribution in [-0.4, -0.2) is 37.6 Å². The summed E-state index contributed by atoms with van der Waals surface area (Å²) in [7, 11) is 0. The van der Waals surface area contributed by atoms with Gasteiger partial charge in [0.15, 0.2) is 0 Å². The van der Waals surface area contributed by atoms with Crippen molar-refractivity contribution in [3.63, 3.8) is 0 Å². The molecule has 0 aromatic rings. The third-order valence-electron chi connectivity index (χ3n) is 3.41. The third-order valence-corrected chi connectivity index (χ3v) is 3.41. The molecule has 0 bridgehead atoms. The van der Waals surface area contributed by atoms with E-state index in [1.54, 1.807) is 0 Å². The van der Waals surface area contributed by atoms with E-state index in [4.69, 9.17) is 0 Å².